The van der Waals surface area contributed by atoms with Gasteiger partial charge in [0.2, 0.25) is 5.91 Å². The van der Waals surface area contributed by atoms with Gasteiger partial charge in [0.05, 0.1) is 23.9 Å². The molecule has 1 fully saturated rings. The fourth-order valence-corrected chi connectivity index (χ4v) is 2.99. The van der Waals surface area contributed by atoms with Crippen molar-refractivity contribution in [2.75, 3.05) is 23.3 Å². The molecule has 0 radical (unpaired) electrons. The first-order valence-corrected chi connectivity index (χ1v) is 8.29. The Morgan fingerprint density at radius 3 is 2.56 bits per heavy atom. The summed E-state index contributed by atoms with van der Waals surface area (Å²) in [5, 5.41) is 12.5. The van der Waals surface area contributed by atoms with Gasteiger partial charge in [-0.2, -0.15) is 0 Å². The molecule has 4 nitrogen and oxygen atoms in total. The van der Waals surface area contributed by atoms with E-state index in [4.69, 9.17) is 0 Å². The SMILES string of the molecule is O=C(Cc1ccc(F)c(F)c1)Nc1ccccc1N1CCC(O)CC1. The minimum absolute atomic E-state index is 0.0375. The summed E-state index contributed by atoms with van der Waals surface area (Å²) in [7, 11) is 0. The lowest BCUT2D eigenvalue weighted by Crippen LogP contribution is -2.36. The first-order valence-electron chi connectivity index (χ1n) is 8.29. The maximum atomic E-state index is 13.3. The zero-order valence-electron chi connectivity index (χ0n) is 13.7. The van der Waals surface area contributed by atoms with E-state index in [2.05, 4.69) is 10.2 Å². The van der Waals surface area contributed by atoms with Gasteiger partial charge in [0.1, 0.15) is 0 Å². The third-order valence-corrected chi connectivity index (χ3v) is 4.33. The van der Waals surface area contributed by atoms with Crippen LogP contribution in [0.1, 0.15) is 18.4 Å². The van der Waals surface area contributed by atoms with Crippen LogP contribution < -0.4 is 10.2 Å². The Balaban J connectivity index is 1.70. The second-order valence-electron chi connectivity index (χ2n) is 6.21. The summed E-state index contributed by atoms with van der Waals surface area (Å²) in [6.07, 6.45) is 1.07. The van der Waals surface area contributed by atoms with Crippen molar-refractivity contribution in [3.63, 3.8) is 0 Å². The molecule has 132 valence electrons. The lowest BCUT2D eigenvalue weighted by atomic mass is 10.1. The molecule has 0 unspecified atom stereocenters. The monoisotopic (exact) mass is 346 g/mol. The van der Waals surface area contributed by atoms with Crippen molar-refractivity contribution in [3.05, 3.63) is 59.7 Å². The van der Waals surface area contributed by atoms with Crippen molar-refractivity contribution in [3.8, 4) is 0 Å². The molecular formula is C19H20F2N2O2. The maximum Gasteiger partial charge on any atom is 0.228 e. The number of hydrogen-bond donors (Lipinski definition) is 2. The van der Waals surface area contributed by atoms with Crippen molar-refractivity contribution >= 4 is 17.3 Å². The smallest absolute Gasteiger partial charge is 0.228 e. The second-order valence-corrected chi connectivity index (χ2v) is 6.21. The number of rotatable bonds is 4. The van der Waals surface area contributed by atoms with Gasteiger partial charge < -0.3 is 15.3 Å². The number of nitrogens with zero attached hydrogens (tertiary/aromatic N) is 1. The molecule has 1 aliphatic heterocycles. The summed E-state index contributed by atoms with van der Waals surface area (Å²) >= 11 is 0. The predicted octanol–water partition coefficient (Wildman–Crippen LogP) is 3.11. The molecule has 3 rings (SSSR count). The number of hydrogen-bond acceptors (Lipinski definition) is 3. The van der Waals surface area contributed by atoms with Gasteiger partial charge in [-0.3, -0.25) is 4.79 Å². The molecule has 2 N–H and O–H groups in total. The van der Waals surface area contributed by atoms with Crippen molar-refractivity contribution in [1.82, 2.24) is 0 Å². The molecule has 2 aromatic carbocycles. The van der Waals surface area contributed by atoms with E-state index in [-0.39, 0.29) is 18.4 Å². The highest BCUT2D eigenvalue weighted by atomic mass is 19.2. The molecule has 0 aliphatic carbocycles. The Kier molecular flexibility index (Phi) is 5.28. The molecule has 0 atom stereocenters. The van der Waals surface area contributed by atoms with Crippen LogP contribution in [-0.4, -0.2) is 30.2 Å². The quantitative estimate of drug-likeness (QED) is 0.894. The van der Waals surface area contributed by atoms with E-state index in [9.17, 15) is 18.7 Å². The summed E-state index contributed by atoms with van der Waals surface area (Å²) < 4.78 is 26.2. The molecule has 25 heavy (non-hydrogen) atoms. The maximum absolute atomic E-state index is 13.3. The van der Waals surface area contributed by atoms with E-state index in [0.717, 1.165) is 30.9 Å². The highest BCUT2D eigenvalue weighted by Crippen LogP contribution is 2.28. The molecule has 0 spiro atoms. The Morgan fingerprint density at radius 1 is 1.12 bits per heavy atom. The molecule has 1 amide bonds. The Labute approximate surface area is 145 Å². The number of carbonyl (C=O) groups is 1. The van der Waals surface area contributed by atoms with Gasteiger partial charge in [-0.1, -0.05) is 18.2 Å². The molecule has 0 saturated carbocycles. The molecule has 2 aromatic rings. The van der Waals surface area contributed by atoms with E-state index in [0.29, 0.717) is 24.1 Å². The first kappa shape index (κ1) is 17.4. The average Bonchev–Trinajstić information content (AvgIpc) is 2.59. The summed E-state index contributed by atoms with van der Waals surface area (Å²) in [5.41, 5.74) is 1.98. The standard InChI is InChI=1S/C19H20F2N2O2/c20-15-6-5-13(11-16(15)21)12-19(25)22-17-3-1-2-4-18(17)23-9-7-14(24)8-10-23/h1-6,11,14,24H,7-10,12H2,(H,22,25). The summed E-state index contributed by atoms with van der Waals surface area (Å²) in [6, 6.07) is 10.9. The lowest BCUT2D eigenvalue weighted by molar-refractivity contribution is -0.115. The Morgan fingerprint density at radius 2 is 1.84 bits per heavy atom. The first-order chi connectivity index (χ1) is 12.0. The number of carbonyl (C=O) groups excluding carboxylic acids is 1. The number of benzene rings is 2. The van der Waals surface area contributed by atoms with Gasteiger partial charge in [-0.25, -0.2) is 8.78 Å². The largest absolute Gasteiger partial charge is 0.393 e. The van der Waals surface area contributed by atoms with Gasteiger partial charge in [-0.15, -0.1) is 0 Å². The molecule has 0 bridgehead atoms. The van der Waals surface area contributed by atoms with Crippen molar-refractivity contribution in [1.29, 1.82) is 0 Å². The van der Waals surface area contributed by atoms with E-state index in [1.807, 2.05) is 24.3 Å². The Hall–Kier alpha value is -2.47. The predicted molar refractivity (Wildman–Crippen MR) is 92.6 cm³/mol. The minimum Gasteiger partial charge on any atom is -0.393 e. The molecule has 1 aliphatic rings. The number of anilines is 2. The van der Waals surface area contributed by atoms with Crippen molar-refractivity contribution < 1.29 is 18.7 Å². The fourth-order valence-electron chi connectivity index (χ4n) is 2.99. The number of aliphatic hydroxyl groups is 1. The van der Waals surface area contributed by atoms with E-state index < -0.39 is 11.6 Å². The zero-order valence-corrected chi connectivity index (χ0v) is 13.7. The number of halogens is 2. The summed E-state index contributed by atoms with van der Waals surface area (Å²) in [5.74, 6) is -2.19. The van der Waals surface area contributed by atoms with E-state index >= 15 is 0 Å². The topological polar surface area (TPSA) is 52.6 Å². The van der Waals surface area contributed by atoms with Gasteiger partial charge in [0, 0.05) is 13.1 Å². The average molecular weight is 346 g/mol. The number of para-hydroxylation sites is 2. The van der Waals surface area contributed by atoms with Crippen molar-refractivity contribution in [2.24, 2.45) is 0 Å². The third kappa shape index (κ3) is 4.33. The third-order valence-electron chi connectivity index (χ3n) is 4.33. The lowest BCUT2D eigenvalue weighted by Gasteiger charge is -2.32. The normalized spacial score (nSPS) is 15.2. The van der Waals surface area contributed by atoms with Crippen LogP contribution in [0.5, 0.6) is 0 Å². The van der Waals surface area contributed by atoms with Crippen LogP contribution in [0.3, 0.4) is 0 Å². The second kappa shape index (κ2) is 7.61. The van der Waals surface area contributed by atoms with Gasteiger partial charge in [0.15, 0.2) is 11.6 Å². The Bertz CT molecular complexity index is 759. The molecule has 1 saturated heterocycles. The fraction of sp³-hybridized carbons (Fsp3) is 0.316. The van der Waals surface area contributed by atoms with Crippen LogP contribution in [0.25, 0.3) is 0 Å². The highest BCUT2D eigenvalue weighted by Gasteiger charge is 2.20. The van der Waals surface area contributed by atoms with Crippen LogP contribution in [-0.2, 0) is 11.2 Å². The van der Waals surface area contributed by atoms with Crippen molar-refractivity contribution in [2.45, 2.75) is 25.4 Å². The highest BCUT2D eigenvalue weighted by molar-refractivity contribution is 5.95. The number of nitrogens with one attached hydrogen (secondary N) is 1. The zero-order chi connectivity index (χ0) is 17.8. The molecular weight excluding hydrogens is 326 g/mol. The minimum atomic E-state index is -0.961. The number of amides is 1. The van der Waals surface area contributed by atoms with Crippen LogP contribution in [0, 0.1) is 11.6 Å². The van der Waals surface area contributed by atoms with E-state index in [1.165, 1.54) is 6.07 Å². The number of piperidine rings is 1. The van der Waals surface area contributed by atoms with Crippen LogP contribution in [0.4, 0.5) is 20.2 Å². The number of aliphatic hydroxyl groups excluding tert-OH is 1. The van der Waals surface area contributed by atoms with Gasteiger partial charge in [-0.05, 0) is 42.7 Å². The molecule has 6 heteroatoms. The van der Waals surface area contributed by atoms with E-state index in [1.54, 1.807) is 0 Å². The molecule has 1 heterocycles. The summed E-state index contributed by atoms with van der Waals surface area (Å²) in [6.45, 7) is 1.44. The van der Waals surface area contributed by atoms with Gasteiger partial charge in [0.25, 0.3) is 0 Å². The van der Waals surface area contributed by atoms with Crippen LogP contribution >= 0.6 is 0 Å². The van der Waals surface area contributed by atoms with Crippen LogP contribution in [0.2, 0.25) is 0 Å². The van der Waals surface area contributed by atoms with Crippen LogP contribution in [0.15, 0.2) is 42.5 Å². The summed E-state index contributed by atoms with van der Waals surface area (Å²) in [4.78, 5) is 14.4. The van der Waals surface area contributed by atoms with Gasteiger partial charge >= 0.3 is 0 Å². The molecule has 0 aromatic heterocycles.